The molecule has 1 aliphatic rings. The Kier molecular flexibility index (Phi) is 6.00. The number of imidazole rings is 2. The minimum absolute atomic E-state index is 0.0110. The number of nitrogens with zero attached hydrogens (tertiary/aromatic N) is 6. The number of aromatic nitrogens is 6. The number of hydrogen-bond donors (Lipinski definition) is 0. The third-order valence-corrected chi connectivity index (χ3v) is 6.85. The molecular formula is C27H25ClN6O3. The van der Waals surface area contributed by atoms with Gasteiger partial charge in [0, 0.05) is 36.2 Å². The van der Waals surface area contributed by atoms with Crippen molar-refractivity contribution in [2.24, 2.45) is 0 Å². The first-order valence-electron chi connectivity index (χ1n) is 12.3. The average Bonchev–Trinajstić information content (AvgIpc) is 3.30. The highest BCUT2D eigenvalue weighted by Gasteiger charge is 2.27. The van der Waals surface area contributed by atoms with Crippen molar-refractivity contribution in [1.29, 1.82) is 0 Å². The van der Waals surface area contributed by atoms with E-state index in [-0.39, 0.29) is 11.8 Å². The number of pyridine rings is 2. The van der Waals surface area contributed by atoms with Crippen LogP contribution >= 0.6 is 11.6 Å². The smallest absolute Gasteiger partial charge is 0.341 e. The van der Waals surface area contributed by atoms with Crippen LogP contribution in [0.4, 0.5) is 0 Å². The molecule has 37 heavy (non-hydrogen) atoms. The highest BCUT2D eigenvalue weighted by Crippen LogP contribution is 2.40. The Morgan fingerprint density at radius 1 is 1.16 bits per heavy atom. The summed E-state index contributed by atoms with van der Waals surface area (Å²) in [6, 6.07) is 5.55. The Morgan fingerprint density at radius 3 is 2.84 bits per heavy atom. The average molecular weight is 517 g/mol. The maximum absolute atomic E-state index is 12.9. The lowest BCUT2D eigenvalue weighted by Gasteiger charge is -2.06. The van der Waals surface area contributed by atoms with Crippen LogP contribution in [-0.4, -0.2) is 46.9 Å². The van der Waals surface area contributed by atoms with Gasteiger partial charge in [0.15, 0.2) is 11.4 Å². The van der Waals surface area contributed by atoms with E-state index < -0.39 is 0 Å². The van der Waals surface area contributed by atoms with Gasteiger partial charge in [-0.15, -0.1) is 0 Å². The van der Waals surface area contributed by atoms with Gasteiger partial charge < -0.3 is 13.5 Å². The van der Waals surface area contributed by atoms with Crippen LogP contribution in [0, 0.1) is 0 Å². The van der Waals surface area contributed by atoms with Crippen molar-refractivity contribution >= 4 is 34.5 Å². The highest BCUT2D eigenvalue weighted by atomic mass is 35.5. The third kappa shape index (κ3) is 4.74. The van der Waals surface area contributed by atoms with Crippen molar-refractivity contribution in [2.75, 3.05) is 6.61 Å². The van der Waals surface area contributed by atoms with Crippen LogP contribution < -0.4 is 0 Å². The number of ether oxygens (including phenoxy) is 1. The number of rotatable bonds is 9. The fourth-order valence-corrected chi connectivity index (χ4v) is 4.75. The molecule has 0 aromatic carbocycles. The molecule has 0 spiro atoms. The lowest BCUT2D eigenvalue weighted by Crippen LogP contribution is -2.08. The molecule has 1 fully saturated rings. The fraction of sp³-hybridized carbons (Fsp3) is 0.296. The summed E-state index contributed by atoms with van der Waals surface area (Å²) in [5.74, 6) is 0.107. The number of esters is 1. The quantitative estimate of drug-likeness (QED) is 0.207. The van der Waals surface area contributed by atoms with E-state index in [1.807, 2.05) is 39.5 Å². The lowest BCUT2D eigenvalue weighted by molar-refractivity contribution is 0.0527. The second kappa shape index (κ2) is 9.48. The molecule has 0 aliphatic heterocycles. The zero-order valence-corrected chi connectivity index (χ0v) is 21.1. The summed E-state index contributed by atoms with van der Waals surface area (Å²) >= 11 is 6.12. The van der Waals surface area contributed by atoms with Crippen LogP contribution in [0.1, 0.15) is 69.8 Å². The van der Waals surface area contributed by atoms with E-state index in [1.165, 1.54) is 0 Å². The van der Waals surface area contributed by atoms with Crippen LogP contribution in [0.3, 0.4) is 0 Å². The van der Waals surface area contributed by atoms with Gasteiger partial charge in [0.05, 0.1) is 48.1 Å². The largest absolute Gasteiger partial charge is 0.462 e. The minimum Gasteiger partial charge on any atom is -0.462 e. The van der Waals surface area contributed by atoms with Gasteiger partial charge >= 0.3 is 5.97 Å². The molecule has 9 nitrogen and oxygen atoms in total. The monoisotopic (exact) mass is 516 g/mol. The predicted molar refractivity (Wildman–Crippen MR) is 137 cm³/mol. The topological polar surface area (TPSA) is 95.8 Å². The third-order valence-electron chi connectivity index (χ3n) is 6.62. The molecule has 5 aromatic heterocycles. The van der Waals surface area contributed by atoms with Gasteiger partial charge in [0.2, 0.25) is 0 Å². The van der Waals surface area contributed by atoms with E-state index >= 15 is 0 Å². The molecule has 0 atom stereocenters. The zero-order chi connectivity index (χ0) is 25.5. The molecule has 0 N–H and O–H groups in total. The van der Waals surface area contributed by atoms with Gasteiger partial charge in [-0.1, -0.05) is 11.6 Å². The first kappa shape index (κ1) is 23.4. The highest BCUT2D eigenvalue weighted by molar-refractivity contribution is 6.30. The number of aryl methyl sites for hydroxylation is 1. The van der Waals surface area contributed by atoms with Gasteiger partial charge in [-0.25, -0.2) is 14.8 Å². The van der Waals surface area contributed by atoms with E-state index in [2.05, 4.69) is 15.1 Å². The maximum Gasteiger partial charge on any atom is 0.341 e. The number of hydrogen-bond acceptors (Lipinski definition) is 6. The number of carbonyl (C=O) groups is 2. The van der Waals surface area contributed by atoms with Gasteiger partial charge in [-0.05, 0) is 55.9 Å². The van der Waals surface area contributed by atoms with Gasteiger partial charge in [-0.2, -0.15) is 5.10 Å². The van der Waals surface area contributed by atoms with E-state index in [9.17, 15) is 9.59 Å². The molecule has 1 aliphatic carbocycles. The second-order valence-electron chi connectivity index (χ2n) is 9.32. The van der Waals surface area contributed by atoms with Crippen molar-refractivity contribution in [1.82, 2.24) is 28.5 Å². The molecule has 188 valence electrons. The molecule has 5 heterocycles. The first-order chi connectivity index (χ1) is 18.0. The lowest BCUT2D eigenvalue weighted by atomic mass is 10.1. The van der Waals surface area contributed by atoms with E-state index in [0.29, 0.717) is 53.7 Å². The molecular weight excluding hydrogens is 492 g/mol. The Hall–Kier alpha value is -3.98. The first-order valence-corrected chi connectivity index (χ1v) is 12.7. The summed E-state index contributed by atoms with van der Waals surface area (Å²) in [6.45, 7) is 2.47. The number of Topliss-reactive ketones (excluding diaryl/α,β-unsaturated/α-hetero) is 1. The molecule has 0 bridgehead atoms. The summed E-state index contributed by atoms with van der Waals surface area (Å²) in [5, 5.41) is 5.00. The molecule has 5 aromatic rings. The Labute approximate surface area is 217 Å². The van der Waals surface area contributed by atoms with Crippen LogP contribution in [0.25, 0.3) is 11.2 Å². The Balaban J connectivity index is 1.18. The summed E-state index contributed by atoms with van der Waals surface area (Å²) < 4.78 is 10.7. The summed E-state index contributed by atoms with van der Waals surface area (Å²) in [7, 11) is 0. The molecule has 6 rings (SSSR count). The zero-order valence-electron chi connectivity index (χ0n) is 20.3. The maximum atomic E-state index is 12.9. The number of halogens is 1. The van der Waals surface area contributed by atoms with Crippen LogP contribution in [0.2, 0.25) is 5.02 Å². The SMILES string of the molecule is CCOC(=O)c1cc(C2CC2)cn2cc(Cn3cc(C(=O)CCc4ncn5ccc(Cl)cc45)cn3)nc12. The predicted octanol–water partition coefficient (Wildman–Crippen LogP) is 4.75. The van der Waals surface area contributed by atoms with Crippen molar-refractivity contribution in [3.8, 4) is 0 Å². The van der Waals surface area contributed by atoms with Gasteiger partial charge in [0.25, 0.3) is 0 Å². The number of carbonyl (C=O) groups excluding carboxylic acids is 2. The summed E-state index contributed by atoms with van der Waals surface area (Å²) in [5.41, 5.74) is 5.16. The van der Waals surface area contributed by atoms with E-state index in [4.69, 9.17) is 16.3 Å². The Bertz CT molecular complexity index is 1640. The molecule has 0 radical (unpaired) electrons. The minimum atomic E-state index is -0.369. The fourth-order valence-electron chi connectivity index (χ4n) is 4.59. The van der Waals surface area contributed by atoms with Crippen molar-refractivity contribution < 1.29 is 14.3 Å². The molecule has 10 heteroatoms. The number of ketones is 1. The van der Waals surface area contributed by atoms with Crippen molar-refractivity contribution in [3.63, 3.8) is 0 Å². The van der Waals surface area contributed by atoms with Crippen molar-refractivity contribution in [2.45, 2.75) is 45.1 Å². The van der Waals surface area contributed by atoms with Crippen LogP contribution in [0.5, 0.6) is 0 Å². The molecule has 0 unspecified atom stereocenters. The van der Waals surface area contributed by atoms with E-state index in [1.54, 1.807) is 36.4 Å². The molecule has 0 amide bonds. The summed E-state index contributed by atoms with van der Waals surface area (Å²) in [4.78, 5) is 34.6. The van der Waals surface area contributed by atoms with E-state index in [0.717, 1.165) is 35.3 Å². The molecule has 0 saturated heterocycles. The van der Waals surface area contributed by atoms with Crippen molar-refractivity contribution in [3.05, 3.63) is 88.6 Å². The standard InChI is InChI=1S/C27H25ClN6O3/c1-2-37-27(36)22-9-18(17-3-4-17)12-33-14-21(31-26(22)33)15-34-13-19(11-30-34)25(35)6-5-23-24-10-20(28)7-8-32(24)16-29-23/h7-14,16-17H,2-6,15H2,1H3. The second-order valence-corrected chi connectivity index (χ2v) is 9.76. The van der Waals surface area contributed by atoms with Crippen LogP contribution in [-0.2, 0) is 17.7 Å². The number of fused-ring (bicyclic) bond motifs is 2. The van der Waals surface area contributed by atoms with Gasteiger partial charge in [-0.3, -0.25) is 9.48 Å². The molecule has 1 saturated carbocycles. The summed E-state index contributed by atoms with van der Waals surface area (Å²) in [6.07, 6.45) is 13.9. The van der Waals surface area contributed by atoms with Gasteiger partial charge in [0.1, 0.15) is 5.56 Å². The Morgan fingerprint density at radius 2 is 2.03 bits per heavy atom. The normalized spacial score (nSPS) is 13.5. The van der Waals surface area contributed by atoms with Crippen LogP contribution in [0.15, 0.2) is 55.5 Å².